The van der Waals surface area contributed by atoms with Crippen LogP contribution in [0.3, 0.4) is 0 Å². The van der Waals surface area contributed by atoms with Crippen molar-refractivity contribution in [3.8, 4) is 17.7 Å². The third kappa shape index (κ3) is 2.80. The molecule has 2 aromatic rings. The summed E-state index contributed by atoms with van der Waals surface area (Å²) in [6.45, 7) is 2.02. The van der Waals surface area contributed by atoms with Crippen LogP contribution in [-0.2, 0) is 6.42 Å². The summed E-state index contributed by atoms with van der Waals surface area (Å²) in [5.74, 6) is 1.95. The molecule has 0 radical (unpaired) electrons. The van der Waals surface area contributed by atoms with Crippen LogP contribution in [0.15, 0.2) is 30.6 Å². The molecule has 0 saturated carbocycles. The van der Waals surface area contributed by atoms with Gasteiger partial charge in [0.05, 0.1) is 17.2 Å². The number of nitrogens with zero attached hydrogens (tertiary/aromatic N) is 3. The lowest BCUT2D eigenvalue weighted by molar-refractivity contribution is 0.455. The SMILES string of the molecule is CCc1c(NC)ncnc1Oc1ccc(C#N)cc1. The number of aromatic nitrogens is 2. The van der Waals surface area contributed by atoms with E-state index in [9.17, 15) is 0 Å². The minimum atomic E-state index is 0.534. The number of hydrogen-bond acceptors (Lipinski definition) is 5. The molecule has 2 rings (SSSR count). The lowest BCUT2D eigenvalue weighted by atomic mass is 10.2. The minimum Gasteiger partial charge on any atom is -0.439 e. The Kier molecular flexibility index (Phi) is 3.94. The number of rotatable bonds is 4. The van der Waals surface area contributed by atoms with Crippen LogP contribution in [0, 0.1) is 11.3 Å². The quantitative estimate of drug-likeness (QED) is 0.908. The maximum absolute atomic E-state index is 8.75. The van der Waals surface area contributed by atoms with E-state index in [-0.39, 0.29) is 0 Å². The van der Waals surface area contributed by atoms with Gasteiger partial charge in [-0.15, -0.1) is 0 Å². The van der Waals surface area contributed by atoms with E-state index in [2.05, 4.69) is 21.4 Å². The van der Waals surface area contributed by atoms with Gasteiger partial charge in [-0.1, -0.05) is 6.92 Å². The normalized spacial score (nSPS) is 9.74. The van der Waals surface area contributed by atoms with Crippen molar-refractivity contribution in [3.63, 3.8) is 0 Å². The number of benzene rings is 1. The van der Waals surface area contributed by atoms with Gasteiger partial charge in [0.2, 0.25) is 5.88 Å². The average molecular weight is 254 g/mol. The first-order valence-electron chi connectivity index (χ1n) is 5.98. The summed E-state index contributed by atoms with van der Waals surface area (Å²) in [6.07, 6.45) is 2.23. The fourth-order valence-corrected chi connectivity index (χ4v) is 1.73. The van der Waals surface area contributed by atoms with Crippen molar-refractivity contribution >= 4 is 5.82 Å². The van der Waals surface area contributed by atoms with Crippen LogP contribution in [0.4, 0.5) is 5.82 Å². The smallest absolute Gasteiger partial charge is 0.227 e. The van der Waals surface area contributed by atoms with Gasteiger partial charge in [0.1, 0.15) is 17.9 Å². The monoisotopic (exact) mass is 254 g/mol. The summed E-state index contributed by atoms with van der Waals surface area (Å²) in [7, 11) is 1.81. The molecule has 0 saturated heterocycles. The summed E-state index contributed by atoms with van der Waals surface area (Å²) >= 11 is 0. The van der Waals surface area contributed by atoms with Crippen molar-refractivity contribution in [3.05, 3.63) is 41.7 Å². The van der Waals surface area contributed by atoms with Gasteiger partial charge < -0.3 is 10.1 Å². The van der Waals surface area contributed by atoms with Crippen molar-refractivity contribution < 1.29 is 4.74 Å². The average Bonchev–Trinajstić information content (AvgIpc) is 2.47. The van der Waals surface area contributed by atoms with E-state index in [0.29, 0.717) is 17.2 Å². The third-order valence-electron chi connectivity index (χ3n) is 2.69. The molecule has 5 nitrogen and oxygen atoms in total. The van der Waals surface area contributed by atoms with Crippen LogP contribution in [0.5, 0.6) is 11.6 Å². The molecule has 0 atom stereocenters. The topological polar surface area (TPSA) is 70.8 Å². The molecule has 0 aliphatic heterocycles. The molecule has 5 heteroatoms. The zero-order chi connectivity index (χ0) is 13.7. The predicted molar refractivity (Wildman–Crippen MR) is 72.2 cm³/mol. The predicted octanol–water partition coefficient (Wildman–Crippen LogP) is 2.74. The molecule has 96 valence electrons. The molecular weight excluding hydrogens is 240 g/mol. The molecule has 1 heterocycles. The van der Waals surface area contributed by atoms with Crippen LogP contribution >= 0.6 is 0 Å². The van der Waals surface area contributed by atoms with Crippen LogP contribution in [0.1, 0.15) is 18.1 Å². The van der Waals surface area contributed by atoms with E-state index in [1.807, 2.05) is 14.0 Å². The van der Waals surface area contributed by atoms with Crippen molar-refractivity contribution in [2.75, 3.05) is 12.4 Å². The molecule has 0 aliphatic rings. The summed E-state index contributed by atoms with van der Waals surface area (Å²) in [5, 5.41) is 11.8. The van der Waals surface area contributed by atoms with Gasteiger partial charge in [-0.05, 0) is 30.7 Å². The van der Waals surface area contributed by atoms with Crippen LogP contribution < -0.4 is 10.1 Å². The molecule has 0 aliphatic carbocycles. The zero-order valence-corrected chi connectivity index (χ0v) is 10.8. The lowest BCUT2D eigenvalue weighted by Crippen LogP contribution is -2.02. The summed E-state index contributed by atoms with van der Waals surface area (Å²) in [4.78, 5) is 8.31. The second-order valence-corrected chi connectivity index (χ2v) is 3.85. The van der Waals surface area contributed by atoms with E-state index in [1.54, 1.807) is 24.3 Å². The maximum Gasteiger partial charge on any atom is 0.227 e. The minimum absolute atomic E-state index is 0.534. The molecule has 0 unspecified atom stereocenters. The van der Waals surface area contributed by atoms with Crippen LogP contribution in [0.25, 0.3) is 0 Å². The van der Waals surface area contributed by atoms with Crippen molar-refractivity contribution in [2.24, 2.45) is 0 Å². The molecule has 1 aromatic heterocycles. The Morgan fingerprint density at radius 2 is 2.00 bits per heavy atom. The highest BCUT2D eigenvalue weighted by atomic mass is 16.5. The van der Waals surface area contributed by atoms with E-state index in [1.165, 1.54) is 6.33 Å². The van der Waals surface area contributed by atoms with Gasteiger partial charge in [-0.25, -0.2) is 9.97 Å². The Hall–Kier alpha value is -2.61. The summed E-state index contributed by atoms with van der Waals surface area (Å²) < 4.78 is 5.74. The first-order chi connectivity index (χ1) is 9.28. The van der Waals surface area contributed by atoms with Gasteiger partial charge in [0.15, 0.2) is 0 Å². The number of hydrogen-bond donors (Lipinski definition) is 1. The highest BCUT2D eigenvalue weighted by molar-refractivity contribution is 5.49. The fourth-order valence-electron chi connectivity index (χ4n) is 1.73. The third-order valence-corrected chi connectivity index (χ3v) is 2.69. The van der Waals surface area contributed by atoms with E-state index in [0.717, 1.165) is 17.8 Å². The van der Waals surface area contributed by atoms with Crippen LogP contribution in [-0.4, -0.2) is 17.0 Å². The lowest BCUT2D eigenvalue weighted by Gasteiger charge is -2.11. The summed E-state index contributed by atoms with van der Waals surface area (Å²) in [6, 6.07) is 8.98. The highest BCUT2D eigenvalue weighted by Gasteiger charge is 2.10. The Morgan fingerprint density at radius 3 is 2.58 bits per heavy atom. The van der Waals surface area contributed by atoms with E-state index in [4.69, 9.17) is 10.00 Å². The van der Waals surface area contributed by atoms with Gasteiger partial charge in [0.25, 0.3) is 0 Å². The van der Waals surface area contributed by atoms with Gasteiger partial charge in [-0.3, -0.25) is 0 Å². The Balaban J connectivity index is 2.30. The molecule has 1 N–H and O–H groups in total. The van der Waals surface area contributed by atoms with E-state index < -0.39 is 0 Å². The van der Waals surface area contributed by atoms with Crippen molar-refractivity contribution in [2.45, 2.75) is 13.3 Å². The second-order valence-electron chi connectivity index (χ2n) is 3.85. The number of anilines is 1. The van der Waals surface area contributed by atoms with Crippen LogP contribution in [0.2, 0.25) is 0 Å². The number of ether oxygens (including phenoxy) is 1. The molecule has 0 spiro atoms. The fraction of sp³-hybridized carbons (Fsp3) is 0.214. The number of nitriles is 1. The zero-order valence-electron chi connectivity index (χ0n) is 10.8. The summed E-state index contributed by atoms with van der Waals surface area (Å²) in [5.41, 5.74) is 1.52. The van der Waals surface area contributed by atoms with Crippen molar-refractivity contribution in [1.29, 1.82) is 5.26 Å². The molecular formula is C14H14N4O. The molecule has 0 fully saturated rings. The molecule has 19 heavy (non-hydrogen) atoms. The van der Waals surface area contributed by atoms with Crippen molar-refractivity contribution in [1.82, 2.24) is 9.97 Å². The molecule has 1 aromatic carbocycles. The second kappa shape index (κ2) is 5.83. The maximum atomic E-state index is 8.75. The van der Waals surface area contributed by atoms with Gasteiger partial charge >= 0.3 is 0 Å². The Labute approximate surface area is 111 Å². The van der Waals surface area contributed by atoms with E-state index >= 15 is 0 Å². The number of nitrogens with one attached hydrogen (secondary N) is 1. The first-order valence-corrected chi connectivity index (χ1v) is 5.98. The molecule has 0 amide bonds. The standard InChI is InChI=1S/C14H14N4O/c1-3-12-13(16-2)17-9-18-14(12)19-11-6-4-10(8-15)5-7-11/h4-7,9H,3H2,1-2H3,(H,16,17,18). The Morgan fingerprint density at radius 1 is 1.26 bits per heavy atom. The first kappa shape index (κ1) is 12.8. The Bertz CT molecular complexity index is 602. The molecule has 0 bridgehead atoms. The van der Waals surface area contributed by atoms with Gasteiger partial charge in [0, 0.05) is 7.05 Å². The highest BCUT2D eigenvalue weighted by Crippen LogP contribution is 2.27. The van der Waals surface area contributed by atoms with Gasteiger partial charge in [-0.2, -0.15) is 5.26 Å². The largest absolute Gasteiger partial charge is 0.439 e.